The first kappa shape index (κ1) is 19.7. The highest BCUT2D eigenvalue weighted by atomic mass is 19.1. The monoisotopic (exact) mass is 350 g/mol. The lowest BCUT2D eigenvalue weighted by molar-refractivity contribution is -0.00833. The van der Waals surface area contributed by atoms with Gasteiger partial charge >= 0.3 is 0 Å². The summed E-state index contributed by atoms with van der Waals surface area (Å²) in [7, 11) is 1.78. The van der Waals surface area contributed by atoms with Crippen LogP contribution in [0, 0.1) is 5.82 Å². The molecule has 140 valence electrons. The van der Waals surface area contributed by atoms with Gasteiger partial charge in [0.15, 0.2) is 5.96 Å². The first-order valence-corrected chi connectivity index (χ1v) is 9.03. The molecule has 1 aromatic carbocycles. The van der Waals surface area contributed by atoms with E-state index in [1.165, 1.54) is 6.07 Å². The molecule has 5 nitrogen and oxygen atoms in total. The Balaban J connectivity index is 1.69. The Morgan fingerprint density at radius 2 is 2.04 bits per heavy atom. The van der Waals surface area contributed by atoms with Crippen LogP contribution in [0.4, 0.5) is 4.39 Å². The van der Waals surface area contributed by atoms with Crippen molar-refractivity contribution in [2.75, 3.05) is 46.4 Å². The third kappa shape index (κ3) is 6.63. The van der Waals surface area contributed by atoms with E-state index in [0.717, 1.165) is 63.8 Å². The Labute approximate surface area is 150 Å². The predicted molar refractivity (Wildman–Crippen MR) is 101 cm³/mol. The lowest BCUT2D eigenvalue weighted by Crippen LogP contribution is -2.56. The first-order chi connectivity index (χ1) is 12.0. The topological polar surface area (TPSA) is 48.9 Å². The molecule has 1 fully saturated rings. The molecule has 0 radical (unpaired) electrons. The summed E-state index contributed by atoms with van der Waals surface area (Å²) in [6.07, 6.45) is 1.78. The molecule has 6 heteroatoms. The lowest BCUT2D eigenvalue weighted by Gasteiger charge is -2.41. The van der Waals surface area contributed by atoms with Crippen LogP contribution in [-0.2, 0) is 11.2 Å². The maximum absolute atomic E-state index is 13.2. The number of benzene rings is 1. The molecule has 0 bridgehead atoms. The van der Waals surface area contributed by atoms with E-state index in [1.54, 1.807) is 19.2 Å². The molecule has 1 aliphatic heterocycles. The number of aryl methyl sites for hydroxylation is 1. The van der Waals surface area contributed by atoms with Gasteiger partial charge < -0.3 is 15.4 Å². The van der Waals surface area contributed by atoms with Crippen LogP contribution in [-0.4, -0.2) is 62.8 Å². The molecule has 0 amide bonds. The Hall–Kier alpha value is -1.66. The molecule has 2 N–H and O–H groups in total. The van der Waals surface area contributed by atoms with Gasteiger partial charge in [-0.1, -0.05) is 12.1 Å². The molecular formula is C19H31FN4O. The van der Waals surface area contributed by atoms with Crippen molar-refractivity contribution in [2.24, 2.45) is 4.99 Å². The molecule has 0 unspecified atom stereocenters. The number of hydrogen-bond donors (Lipinski definition) is 2. The standard InChI is InChI=1S/C19H31FN4O/c1-19(2,24-10-12-25-13-11-24)15-23-18(21-3)22-9-5-7-16-6-4-8-17(20)14-16/h4,6,8,14H,5,7,9-13,15H2,1-3H3,(H2,21,22,23). The van der Waals surface area contributed by atoms with Gasteiger partial charge in [-0.15, -0.1) is 0 Å². The van der Waals surface area contributed by atoms with E-state index in [0.29, 0.717) is 0 Å². The maximum Gasteiger partial charge on any atom is 0.191 e. The van der Waals surface area contributed by atoms with Crippen molar-refractivity contribution in [3.63, 3.8) is 0 Å². The van der Waals surface area contributed by atoms with E-state index in [2.05, 4.69) is 34.4 Å². The Morgan fingerprint density at radius 3 is 2.72 bits per heavy atom. The number of nitrogens with one attached hydrogen (secondary N) is 2. The van der Waals surface area contributed by atoms with E-state index in [-0.39, 0.29) is 11.4 Å². The number of ether oxygens (including phenoxy) is 1. The summed E-state index contributed by atoms with van der Waals surface area (Å²) in [5, 5.41) is 6.74. The van der Waals surface area contributed by atoms with Gasteiger partial charge in [0.2, 0.25) is 0 Å². The smallest absolute Gasteiger partial charge is 0.191 e. The van der Waals surface area contributed by atoms with Gasteiger partial charge in [-0.3, -0.25) is 9.89 Å². The fourth-order valence-corrected chi connectivity index (χ4v) is 2.99. The van der Waals surface area contributed by atoms with E-state index in [9.17, 15) is 4.39 Å². The second-order valence-corrected chi connectivity index (χ2v) is 7.00. The summed E-state index contributed by atoms with van der Waals surface area (Å²) < 4.78 is 18.6. The van der Waals surface area contributed by atoms with Gasteiger partial charge in [0, 0.05) is 38.8 Å². The number of guanidine groups is 1. The summed E-state index contributed by atoms with van der Waals surface area (Å²) in [5.74, 6) is 0.633. The molecule has 0 atom stereocenters. The molecule has 25 heavy (non-hydrogen) atoms. The summed E-state index contributed by atoms with van der Waals surface area (Å²) >= 11 is 0. The van der Waals surface area contributed by atoms with Crippen LogP contribution in [0.1, 0.15) is 25.8 Å². The Bertz CT molecular complexity index is 556. The molecular weight excluding hydrogens is 319 g/mol. The average Bonchev–Trinajstić information content (AvgIpc) is 2.62. The van der Waals surface area contributed by atoms with Crippen LogP contribution < -0.4 is 10.6 Å². The van der Waals surface area contributed by atoms with Gasteiger partial charge in [-0.25, -0.2) is 4.39 Å². The highest BCUT2D eigenvalue weighted by Gasteiger charge is 2.28. The van der Waals surface area contributed by atoms with Gasteiger partial charge in [-0.05, 0) is 44.4 Å². The summed E-state index contributed by atoms with van der Waals surface area (Å²) in [6, 6.07) is 6.79. The molecule has 1 aromatic rings. The largest absolute Gasteiger partial charge is 0.379 e. The zero-order valence-corrected chi connectivity index (χ0v) is 15.6. The molecule has 0 saturated carbocycles. The molecule has 0 aliphatic carbocycles. The van der Waals surface area contributed by atoms with Crippen LogP contribution in [0.3, 0.4) is 0 Å². The first-order valence-electron chi connectivity index (χ1n) is 9.03. The van der Waals surface area contributed by atoms with E-state index >= 15 is 0 Å². The van der Waals surface area contributed by atoms with Crippen LogP contribution in [0.5, 0.6) is 0 Å². The van der Waals surface area contributed by atoms with E-state index < -0.39 is 0 Å². The molecule has 0 aromatic heterocycles. The minimum absolute atomic E-state index is 0.0446. The fraction of sp³-hybridized carbons (Fsp3) is 0.632. The molecule has 0 spiro atoms. The van der Waals surface area contributed by atoms with Gasteiger partial charge in [-0.2, -0.15) is 0 Å². The minimum Gasteiger partial charge on any atom is -0.379 e. The molecule has 1 heterocycles. The highest BCUT2D eigenvalue weighted by Crippen LogP contribution is 2.15. The maximum atomic E-state index is 13.2. The highest BCUT2D eigenvalue weighted by molar-refractivity contribution is 5.79. The average molecular weight is 350 g/mol. The number of hydrogen-bond acceptors (Lipinski definition) is 3. The van der Waals surface area contributed by atoms with Crippen molar-refractivity contribution in [2.45, 2.75) is 32.2 Å². The summed E-state index contributed by atoms with van der Waals surface area (Å²) in [4.78, 5) is 6.73. The van der Waals surface area contributed by atoms with E-state index in [4.69, 9.17) is 4.74 Å². The normalized spacial score (nSPS) is 16.7. The van der Waals surface area contributed by atoms with E-state index in [1.807, 2.05) is 6.07 Å². The van der Waals surface area contributed by atoms with Gasteiger partial charge in [0.1, 0.15) is 5.82 Å². The second-order valence-electron chi connectivity index (χ2n) is 7.00. The number of halogens is 1. The van der Waals surface area contributed by atoms with Crippen LogP contribution in [0.2, 0.25) is 0 Å². The van der Waals surface area contributed by atoms with Gasteiger partial charge in [0.05, 0.1) is 13.2 Å². The zero-order chi connectivity index (χ0) is 18.1. The van der Waals surface area contributed by atoms with Crippen molar-refractivity contribution in [3.8, 4) is 0 Å². The number of morpholine rings is 1. The van der Waals surface area contributed by atoms with Crippen molar-refractivity contribution < 1.29 is 9.13 Å². The predicted octanol–water partition coefficient (Wildman–Crippen LogP) is 2.03. The summed E-state index contributed by atoms with van der Waals surface area (Å²) in [5.41, 5.74) is 1.07. The number of rotatable bonds is 7. The van der Waals surface area contributed by atoms with Crippen LogP contribution in [0.25, 0.3) is 0 Å². The van der Waals surface area contributed by atoms with Crippen molar-refractivity contribution >= 4 is 5.96 Å². The minimum atomic E-state index is -0.173. The Kier molecular flexibility index (Phi) is 7.65. The molecule has 2 rings (SSSR count). The number of nitrogens with zero attached hydrogens (tertiary/aromatic N) is 2. The van der Waals surface area contributed by atoms with Crippen molar-refractivity contribution in [3.05, 3.63) is 35.6 Å². The quantitative estimate of drug-likeness (QED) is 0.449. The lowest BCUT2D eigenvalue weighted by atomic mass is 10.0. The third-order valence-electron chi connectivity index (χ3n) is 4.60. The van der Waals surface area contributed by atoms with Crippen LogP contribution >= 0.6 is 0 Å². The van der Waals surface area contributed by atoms with Crippen molar-refractivity contribution in [1.29, 1.82) is 0 Å². The third-order valence-corrected chi connectivity index (χ3v) is 4.60. The Morgan fingerprint density at radius 1 is 1.28 bits per heavy atom. The van der Waals surface area contributed by atoms with Crippen molar-refractivity contribution in [1.82, 2.24) is 15.5 Å². The van der Waals surface area contributed by atoms with Crippen LogP contribution in [0.15, 0.2) is 29.3 Å². The number of aliphatic imine (C=N–C) groups is 1. The second kappa shape index (κ2) is 9.73. The molecule has 1 saturated heterocycles. The van der Waals surface area contributed by atoms with Gasteiger partial charge in [0.25, 0.3) is 0 Å². The SMILES string of the molecule is CN=C(NCCCc1cccc(F)c1)NCC(C)(C)N1CCOCC1. The zero-order valence-electron chi connectivity index (χ0n) is 15.6. The fourth-order valence-electron chi connectivity index (χ4n) is 2.99. The summed E-state index contributed by atoms with van der Waals surface area (Å²) in [6.45, 7) is 9.63. The molecule has 1 aliphatic rings.